The number of β-lactam (4-membered cyclic amide) rings is 1. The minimum atomic E-state index is -4.35. The number of carbonyl (C=O) groups is 2. The highest BCUT2D eigenvalue weighted by atomic mass is 32.2. The zero-order valence-electron chi connectivity index (χ0n) is 14.9. The summed E-state index contributed by atoms with van der Waals surface area (Å²) in [6.45, 7) is 0. The van der Waals surface area contributed by atoms with Gasteiger partial charge in [-0.1, -0.05) is 11.8 Å². The zero-order valence-corrected chi connectivity index (χ0v) is 17.3. The number of imidazole rings is 1. The van der Waals surface area contributed by atoms with Gasteiger partial charge in [-0.25, -0.2) is 14.5 Å². The molecule has 2 aromatic heterocycles. The number of anilines is 1. The van der Waals surface area contributed by atoms with Crippen LogP contribution < -0.4 is 5.32 Å². The molecule has 0 bridgehead atoms. The Morgan fingerprint density at radius 3 is 2.93 bits per heavy atom. The maximum Gasteiger partial charge on any atom is 0.352 e. The topological polar surface area (TPSA) is 196 Å². The van der Waals surface area contributed by atoms with Gasteiger partial charge in [0.15, 0.2) is 5.88 Å². The molecule has 0 radical (unpaired) electrons. The van der Waals surface area contributed by atoms with E-state index in [1.54, 1.807) is 6.20 Å². The second-order valence-electron chi connectivity index (χ2n) is 6.19. The fourth-order valence-electron chi connectivity index (χ4n) is 2.97. The van der Waals surface area contributed by atoms with Crippen LogP contribution in [0.15, 0.2) is 28.8 Å². The Hall–Kier alpha value is -2.63. The molecule has 4 rings (SSSR count). The number of carboxylic acid groups (broad SMARTS) is 1. The van der Waals surface area contributed by atoms with E-state index >= 15 is 0 Å². The number of hydrogen-bond donors (Lipinski definition) is 4. The summed E-state index contributed by atoms with van der Waals surface area (Å²) in [5.74, 6) is -1.57. The van der Waals surface area contributed by atoms with Gasteiger partial charge in [0.25, 0.3) is 16.0 Å². The highest BCUT2D eigenvalue weighted by Gasteiger charge is 2.53. The Kier molecular flexibility index (Phi) is 5.43. The summed E-state index contributed by atoms with van der Waals surface area (Å²) in [6.07, 6.45) is 3.13. The maximum atomic E-state index is 12.6. The molecule has 2 atom stereocenters. The van der Waals surface area contributed by atoms with Crippen LogP contribution in [-0.4, -0.2) is 88.0 Å². The first kappa shape index (κ1) is 20.6. The number of carbonyl (C=O) groups excluding carboxylic acids is 1. The molecule has 17 heteroatoms. The number of carboxylic acids is 1. The van der Waals surface area contributed by atoms with Crippen molar-refractivity contribution in [1.29, 1.82) is 0 Å². The molecule has 4 heterocycles. The number of H-pyrrole nitrogens is 1. The van der Waals surface area contributed by atoms with E-state index in [-0.39, 0.29) is 22.5 Å². The maximum absolute atomic E-state index is 12.6. The first-order valence-electron chi connectivity index (χ1n) is 8.24. The summed E-state index contributed by atoms with van der Waals surface area (Å²) < 4.78 is 31.9. The summed E-state index contributed by atoms with van der Waals surface area (Å²) in [4.78, 5) is 32.5. The van der Waals surface area contributed by atoms with Gasteiger partial charge in [-0.3, -0.25) is 14.2 Å². The van der Waals surface area contributed by atoms with Crippen LogP contribution in [0.25, 0.3) is 0 Å². The molecule has 0 spiro atoms. The first-order valence-corrected chi connectivity index (χ1v) is 11.9. The van der Waals surface area contributed by atoms with Crippen LogP contribution in [0.4, 0.5) is 5.95 Å². The van der Waals surface area contributed by atoms with Gasteiger partial charge in [0.1, 0.15) is 17.1 Å². The standard InChI is InChI=1S/C13H14N8O6S3/c22-9-7(16-12-14-1-2-15-12)10-21(9)8(11(23)24)6(3-28-10)4-29-13-17-18-19-20(13)5-30(25,26)27/h1-2,7,10H,3-5H2,(H,23,24)(H2,14,15,16)(H,25,26,27)/t7?,10-/m1/s1. The lowest BCUT2D eigenvalue weighted by molar-refractivity contribution is -0.147. The van der Waals surface area contributed by atoms with Gasteiger partial charge in [-0.05, 0) is 16.0 Å². The van der Waals surface area contributed by atoms with Gasteiger partial charge in [0.2, 0.25) is 11.1 Å². The van der Waals surface area contributed by atoms with Crippen LogP contribution >= 0.6 is 23.5 Å². The minimum Gasteiger partial charge on any atom is -0.477 e. The number of aromatic nitrogens is 6. The molecule has 2 aliphatic heterocycles. The van der Waals surface area contributed by atoms with Crippen molar-refractivity contribution >= 4 is 51.5 Å². The van der Waals surface area contributed by atoms with Crippen LogP contribution in [0.5, 0.6) is 0 Å². The molecule has 2 aromatic rings. The Balaban J connectivity index is 1.50. The predicted molar refractivity (Wildman–Crippen MR) is 104 cm³/mol. The minimum absolute atomic E-state index is 0.0873. The van der Waals surface area contributed by atoms with E-state index in [4.69, 9.17) is 4.55 Å². The molecule has 1 amide bonds. The molecule has 1 saturated heterocycles. The summed E-state index contributed by atoms with van der Waals surface area (Å²) >= 11 is 2.40. The van der Waals surface area contributed by atoms with Crippen molar-refractivity contribution in [2.75, 3.05) is 16.8 Å². The van der Waals surface area contributed by atoms with Crippen molar-refractivity contribution in [3.8, 4) is 0 Å². The molecule has 2 aliphatic rings. The summed E-state index contributed by atoms with van der Waals surface area (Å²) in [5, 5.41) is 22.9. The third-order valence-electron chi connectivity index (χ3n) is 4.20. The number of amides is 1. The molecule has 14 nitrogen and oxygen atoms in total. The lowest BCUT2D eigenvalue weighted by Crippen LogP contribution is -2.67. The molecule has 1 fully saturated rings. The first-order chi connectivity index (χ1) is 14.2. The van der Waals surface area contributed by atoms with Crippen LogP contribution in [0.2, 0.25) is 0 Å². The SMILES string of the molecule is O=C(O)C1=C(CSc2nnnn2CS(=O)(=O)O)CS[C@@H]2C(Nc3ncc[nH]3)C(=O)N12. The average Bonchev–Trinajstić information content (AvgIpc) is 3.34. The Morgan fingerprint density at radius 2 is 2.27 bits per heavy atom. The smallest absolute Gasteiger partial charge is 0.352 e. The van der Waals surface area contributed by atoms with Gasteiger partial charge in [0, 0.05) is 23.9 Å². The fourth-order valence-corrected chi connectivity index (χ4v) is 5.90. The molecule has 4 N–H and O–H groups in total. The van der Waals surface area contributed by atoms with Gasteiger partial charge < -0.3 is 15.4 Å². The normalized spacial score (nSPS) is 21.4. The number of nitrogens with zero attached hydrogens (tertiary/aromatic N) is 6. The number of thioether (sulfide) groups is 2. The second-order valence-corrected chi connectivity index (χ2v) is 9.66. The molecule has 160 valence electrons. The number of fused-ring (bicyclic) bond motifs is 1. The van der Waals surface area contributed by atoms with Crippen molar-refractivity contribution in [2.24, 2.45) is 0 Å². The van der Waals surface area contributed by atoms with Gasteiger partial charge in [0.05, 0.1) is 0 Å². The van der Waals surface area contributed by atoms with Crippen LogP contribution in [-0.2, 0) is 25.6 Å². The van der Waals surface area contributed by atoms with E-state index in [2.05, 4.69) is 30.8 Å². The molecular formula is C13H14N8O6S3. The Bertz CT molecular complexity index is 1110. The number of aliphatic carboxylic acids is 1. The van der Waals surface area contributed by atoms with Crippen molar-refractivity contribution in [1.82, 2.24) is 35.1 Å². The Labute approximate surface area is 177 Å². The largest absolute Gasteiger partial charge is 0.477 e. The van der Waals surface area contributed by atoms with Crippen molar-refractivity contribution in [3.63, 3.8) is 0 Å². The number of rotatable bonds is 8. The molecule has 1 unspecified atom stereocenters. The van der Waals surface area contributed by atoms with Gasteiger partial charge >= 0.3 is 5.97 Å². The molecular weight excluding hydrogens is 460 g/mol. The summed E-state index contributed by atoms with van der Waals surface area (Å²) in [5.41, 5.74) is 0.363. The van der Waals surface area contributed by atoms with Crippen LogP contribution in [0, 0.1) is 0 Å². The lowest BCUT2D eigenvalue weighted by atomic mass is 10.0. The lowest BCUT2D eigenvalue weighted by Gasteiger charge is -2.49. The third kappa shape index (κ3) is 4.00. The number of nitrogens with one attached hydrogen (secondary N) is 2. The van der Waals surface area contributed by atoms with E-state index in [1.807, 2.05) is 0 Å². The van der Waals surface area contributed by atoms with E-state index in [0.717, 1.165) is 16.4 Å². The van der Waals surface area contributed by atoms with E-state index in [0.29, 0.717) is 17.3 Å². The zero-order chi connectivity index (χ0) is 21.5. The van der Waals surface area contributed by atoms with Crippen molar-refractivity contribution in [3.05, 3.63) is 23.7 Å². The monoisotopic (exact) mass is 474 g/mol. The average molecular weight is 475 g/mol. The van der Waals surface area contributed by atoms with Gasteiger partial charge in [-0.15, -0.1) is 16.9 Å². The molecule has 0 saturated carbocycles. The van der Waals surface area contributed by atoms with Crippen LogP contribution in [0.3, 0.4) is 0 Å². The number of tetrazole rings is 1. The molecule has 0 aromatic carbocycles. The van der Waals surface area contributed by atoms with Crippen molar-refractivity contribution in [2.45, 2.75) is 22.4 Å². The summed E-state index contributed by atoms with van der Waals surface area (Å²) in [7, 11) is -4.35. The second kappa shape index (κ2) is 7.89. The highest BCUT2D eigenvalue weighted by molar-refractivity contribution is 8.01. The van der Waals surface area contributed by atoms with Crippen molar-refractivity contribution < 1.29 is 27.7 Å². The highest BCUT2D eigenvalue weighted by Crippen LogP contribution is 2.42. The van der Waals surface area contributed by atoms with Crippen LogP contribution in [0.1, 0.15) is 0 Å². The predicted octanol–water partition coefficient (Wildman–Crippen LogP) is -0.932. The summed E-state index contributed by atoms with van der Waals surface area (Å²) in [6, 6.07) is -0.605. The van der Waals surface area contributed by atoms with E-state index in [1.165, 1.54) is 22.9 Å². The number of aromatic amines is 1. The molecule has 0 aliphatic carbocycles. The quantitative estimate of drug-likeness (QED) is 0.208. The Morgan fingerprint density at radius 1 is 1.47 bits per heavy atom. The fraction of sp³-hybridized carbons (Fsp3) is 0.385. The van der Waals surface area contributed by atoms with E-state index in [9.17, 15) is 23.1 Å². The van der Waals surface area contributed by atoms with Gasteiger partial charge in [-0.2, -0.15) is 8.42 Å². The molecule has 30 heavy (non-hydrogen) atoms. The number of hydrogen-bond acceptors (Lipinski definition) is 11. The third-order valence-corrected chi connectivity index (χ3v) is 7.15. The van der Waals surface area contributed by atoms with E-state index < -0.39 is 33.4 Å².